The van der Waals surface area contributed by atoms with Crippen LogP contribution in [0.4, 0.5) is 5.69 Å². The first-order valence-corrected chi connectivity index (χ1v) is 7.61. The molecule has 1 aliphatic rings. The molecule has 0 saturated carbocycles. The number of benzene rings is 1. The number of rotatable bonds is 3. The summed E-state index contributed by atoms with van der Waals surface area (Å²) in [5, 5.41) is 1.88. The van der Waals surface area contributed by atoms with Crippen LogP contribution < -0.4 is 4.90 Å². The van der Waals surface area contributed by atoms with Crippen molar-refractivity contribution in [1.82, 2.24) is 9.88 Å². The highest BCUT2D eigenvalue weighted by Crippen LogP contribution is 2.28. The Kier molecular flexibility index (Phi) is 4.28. The van der Waals surface area contributed by atoms with Crippen molar-refractivity contribution in [2.75, 3.05) is 37.6 Å². The Labute approximate surface area is 130 Å². The second-order valence-electron chi connectivity index (χ2n) is 5.27. The zero-order valence-corrected chi connectivity index (χ0v) is 12.7. The first-order valence-electron chi connectivity index (χ1n) is 7.23. The third-order valence-corrected chi connectivity index (χ3v) is 4.20. The van der Waals surface area contributed by atoms with Gasteiger partial charge in [-0.3, -0.25) is 9.88 Å². The van der Waals surface area contributed by atoms with Crippen molar-refractivity contribution in [3.8, 4) is 12.3 Å². The molecular formula is C17H18ClN3. The van der Waals surface area contributed by atoms with Gasteiger partial charge in [0.2, 0.25) is 0 Å². The molecule has 0 aliphatic carbocycles. The van der Waals surface area contributed by atoms with Gasteiger partial charge in [0.15, 0.2) is 0 Å². The van der Waals surface area contributed by atoms with E-state index in [4.69, 9.17) is 18.0 Å². The lowest BCUT2D eigenvalue weighted by Crippen LogP contribution is -2.46. The van der Waals surface area contributed by atoms with Gasteiger partial charge in [-0.25, -0.2) is 0 Å². The van der Waals surface area contributed by atoms with Crippen molar-refractivity contribution < 1.29 is 0 Å². The van der Waals surface area contributed by atoms with Gasteiger partial charge in [-0.05, 0) is 24.3 Å². The van der Waals surface area contributed by atoms with E-state index in [1.54, 1.807) is 0 Å². The Morgan fingerprint density at radius 3 is 2.76 bits per heavy atom. The number of piperazine rings is 1. The maximum Gasteiger partial charge on any atom is 0.0723 e. The minimum absolute atomic E-state index is 0.754. The van der Waals surface area contributed by atoms with Crippen LogP contribution in [0.5, 0.6) is 0 Å². The summed E-state index contributed by atoms with van der Waals surface area (Å²) in [5.41, 5.74) is 2.21. The minimum Gasteiger partial charge on any atom is -0.368 e. The molecule has 4 heteroatoms. The number of nitrogens with zero attached hydrogens (tertiary/aromatic N) is 3. The van der Waals surface area contributed by atoms with Crippen molar-refractivity contribution in [3.05, 3.63) is 35.5 Å². The van der Waals surface area contributed by atoms with E-state index in [9.17, 15) is 0 Å². The Hall–Kier alpha value is -1.76. The molecule has 0 N–H and O–H groups in total. The summed E-state index contributed by atoms with van der Waals surface area (Å²) in [7, 11) is 0. The van der Waals surface area contributed by atoms with Crippen molar-refractivity contribution in [2.45, 2.75) is 6.42 Å². The van der Waals surface area contributed by atoms with Crippen LogP contribution in [0.25, 0.3) is 10.9 Å². The van der Waals surface area contributed by atoms with Gasteiger partial charge < -0.3 is 4.90 Å². The molecule has 0 spiro atoms. The Bertz CT molecular complexity index is 669. The molecule has 1 saturated heterocycles. The van der Waals surface area contributed by atoms with Gasteiger partial charge in [0.1, 0.15) is 0 Å². The average molecular weight is 300 g/mol. The summed E-state index contributed by atoms with van der Waals surface area (Å²) in [4.78, 5) is 9.25. The van der Waals surface area contributed by atoms with E-state index < -0.39 is 0 Å². The summed E-state index contributed by atoms with van der Waals surface area (Å²) in [6.45, 7) is 5.11. The molecule has 21 heavy (non-hydrogen) atoms. The lowest BCUT2D eigenvalue weighted by Gasteiger charge is -2.36. The smallest absolute Gasteiger partial charge is 0.0723 e. The summed E-state index contributed by atoms with van der Waals surface area (Å²) < 4.78 is 0. The van der Waals surface area contributed by atoms with Crippen LogP contribution in [0.3, 0.4) is 0 Å². The molecule has 108 valence electrons. The van der Waals surface area contributed by atoms with Gasteiger partial charge in [-0.15, -0.1) is 12.3 Å². The molecule has 1 aromatic carbocycles. The summed E-state index contributed by atoms with van der Waals surface area (Å²) >= 11 is 6.14. The van der Waals surface area contributed by atoms with Crippen LogP contribution in [0.1, 0.15) is 6.42 Å². The van der Waals surface area contributed by atoms with E-state index in [0.29, 0.717) is 0 Å². The molecular weight excluding hydrogens is 282 g/mol. The van der Waals surface area contributed by atoms with Crippen molar-refractivity contribution in [1.29, 1.82) is 0 Å². The van der Waals surface area contributed by atoms with E-state index in [1.165, 1.54) is 5.69 Å². The number of aromatic nitrogens is 1. The zero-order chi connectivity index (χ0) is 14.7. The molecule has 1 aliphatic heterocycles. The third-order valence-electron chi connectivity index (χ3n) is 3.97. The number of hydrogen-bond donors (Lipinski definition) is 0. The van der Waals surface area contributed by atoms with Crippen LogP contribution in [0.2, 0.25) is 5.02 Å². The largest absolute Gasteiger partial charge is 0.368 e. The number of terminal acetylenes is 1. The number of anilines is 1. The molecule has 0 radical (unpaired) electrons. The fourth-order valence-electron chi connectivity index (χ4n) is 2.81. The van der Waals surface area contributed by atoms with Gasteiger partial charge in [-0.2, -0.15) is 0 Å². The fraction of sp³-hybridized carbons (Fsp3) is 0.353. The molecule has 0 unspecified atom stereocenters. The second-order valence-corrected chi connectivity index (χ2v) is 5.71. The van der Waals surface area contributed by atoms with Gasteiger partial charge >= 0.3 is 0 Å². The van der Waals surface area contributed by atoms with E-state index in [1.807, 2.05) is 24.4 Å². The predicted molar refractivity (Wildman–Crippen MR) is 88.9 cm³/mol. The van der Waals surface area contributed by atoms with E-state index in [2.05, 4.69) is 26.8 Å². The van der Waals surface area contributed by atoms with E-state index >= 15 is 0 Å². The molecule has 1 fully saturated rings. The molecule has 1 aromatic heterocycles. The van der Waals surface area contributed by atoms with Crippen LogP contribution in [0.15, 0.2) is 30.5 Å². The molecule has 0 bridgehead atoms. The molecule has 2 heterocycles. The predicted octanol–water partition coefficient (Wildman–Crippen LogP) is 3.03. The van der Waals surface area contributed by atoms with Crippen molar-refractivity contribution in [3.63, 3.8) is 0 Å². The van der Waals surface area contributed by atoms with E-state index in [0.717, 1.165) is 55.1 Å². The molecule has 2 aromatic rings. The van der Waals surface area contributed by atoms with E-state index in [-0.39, 0.29) is 0 Å². The summed E-state index contributed by atoms with van der Waals surface area (Å²) in [6.07, 6.45) is 8.03. The van der Waals surface area contributed by atoms with Crippen LogP contribution >= 0.6 is 11.6 Å². The normalized spacial score (nSPS) is 16.1. The number of halogens is 1. The molecule has 0 amide bonds. The quantitative estimate of drug-likeness (QED) is 0.812. The van der Waals surface area contributed by atoms with Crippen molar-refractivity contribution >= 4 is 28.2 Å². The average Bonchev–Trinajstić information content (AvgIpc) is 2.53. The lowest BCUT2D eigenvalue weighted by atomic mass is 10.1. The highest BCUT2D eigenvalue weighted by atomic mass is 35.5. The van der Waals surface area contributed by atoms with Crippen LogP contribution in [-0.2, 0) is 0 Å². The van der Waals surface area contributed by atoms with Crippen LogP contribution in [0, 0.1) is 12.3 Å². The van der Waals surface area contributed by atoms with Crippen LogP contribution in [-0.4, -0.2) is 42.6 Å². The fourth-order valence-corrected chi connectivity index (χ4v) is 2.99. The molecule has 3 rings (SSSR count). The van der Waals surface area contributed by atoms with Gasteiger partial charge in [0.05, 0.1) is 5.52 Å². The monoisotopic (exact) mass is 299 g/mol. The number of hydrogen-bond acceptors (Lipinski definition) is 3. The Balaban J connectivity index is 1.79. The van der Waals surface area contributed by atoms with Gasteiger partial charge in [0, 0.05) is 61.4 Å². The summed E-state index contributed by atoms with van der Waals surface area (Å²) in [6, 6.07) is 7.95. The van der Waals surface area contributed by atoms with Gasteiger partial charge in [-0.1, -0.05) is 11.6 Å². The van der Waals surface area contributed by atoms with Crippen molar-refractivity contribution in [2.24, 2.45) is 0 Å². The lowest BCUT2D eigenvalue weighted by molar-refractivity contribution is 0.264. The SMILES string of the molecule is C#CCCN1CCN(c2ccnc3ccc(Cl)cc23)CC1. The second kappa shape index (κ2) is 6.34. The maximum atomic E-state index is 6.14. The number of pyridine rings is 1. The molecule has 3 nitrogen and oxygen atoms in total. The van der Waals surface area contributed by atoms with Gasteiger partial charge in [0.25, 0.3) is 0 Å². The molecule has 0 atom stereocenters. The third kappa shape index (κ3) is 3.12. The minimum atomic E-state index is 0.754. The summed E-state index contributed by atoms with van der Waals surface area (Å²) in [5.74, 6) is 2.71. The highest BCUT2D eigenvalue weighted by molar-refractivity contribution is 6.31. The standard InChI is InChI=1S/C17H18ClN3/c1-2-3-8-20-9-11-21(12-10-20)17-6-7-19-16-5-4-14(18)13-15(16)17/h1,4-7,13H,3,8-12H2. The first-order chi connectivity index (χ1) is 10.3. The topological polar surface area (TPSA) is 19.4 Å². The Morgan fingerprint density at radius 2 is 2.00 bits per heavy atom. The Morgan fingerprint density at radius 1 is 1.19 bits per heavy atom. The maximum absolute atomic E-state index is 6.14. The first kappa shape index (κ1) is 14.2. The number of fused-ring (bicyclic) bond motifs is 1. The zero-order valence-electron chi connectivity index (χ0n) is 11.9. The highest BCUT2D eigenvalue weighted by Gasteiger charge is 2.18.